The molecular weight excluding hydrogens is 320 g/mol. The van der Waals surface area contributed by atoms with Gasteiger partial charge >= 0.3 is 6.03 Å². The smallest absolute Gasteiger partial charge is 0.315 e. The Morgan fingerprint density at radius 3 is 2.72 bits per heavy atom. The maximum absolute atomic E-state index is 12.3. The summed E-state index contributed by atoms with van der Waals surface area (Å²) in [6, 6.07) is 3.93. The predicted octanol–water partition coefficient (Wildman–Crippen LogP) is 1.18. The molecule has 25 heavy (non-hydrogen) atoms. The van der Waals surface area contributed by atoms with Gasteiger partial charge in [-0.1, -0.05) is 0 Å². The second-order valence-electron chi connectivity index (χ2n) is 6.70. The molecule has 0 unspecified atom stereocenters. The molecule has 0 bridgehead atoms. The minimum atomic E-state index is -0.138. The fourth-order valence-corrected chi connectivity index (χ4v) is 3.54. The number of nitrogens with zero attached hydrogens (tertiary/aromatic N) is 2. The molecule has 0 aromatic carbocycles. The van der Waals surface area contributed by atoms with E-state index in [1.165, 1.54) is 0 Å². The fourth-order valence-electron chi connectivity index (χ4n) is 3.54. The largest absolute Gasteiger partial charge is 0.381 e. The number of rotatable bonds is 6. The van der Waals surface area contributed by atoms with Gasteiger partial charge in [-0.15, -0.1) is 0 Å². The molecule has 2 saturated heterocycles. The summed E-state index contributed by atoms with van der Waals surface area (Å²) in [5, 5.41) is 6.05. The molecule has 7 heteroatoms. The summed E-state index contributed by atoms with van der Waals surface area (Å²) < 4.78 is 11.0. The first kappa shape index (κ1) is 18.1. The summed E-state index contributed by atoms with van der Waals surface area (Å²) in [6.07, 6.45) is 4.53. The van der Waals surface area contributed by atoms with E-state index in [9.17, 15) is 4.79 Å². The van der Waals surface area contributed by atoms with E-state index in [-0.39, 0.29) is 12.1 Å². The lowest BCUT2D eigenvalue weighted by atomic mass is 9.97. The average molecular weight is 348 g/mol. The molecule has 0 saturated carbocycles. The monoisotopic (exact) mass is 348 g/mol. The van der Waals surface area contributed by atoms with Crippen LogP contribution in [-0.4, -0.2) is 68.0 Å². The van der Waals surface area contributed by atoms with Crippen LogP contribution in [-0.2, 0) is 9.47 Å². The van der Waals surface area contributed by atoms with Crippen LogP contribution in [0.2, 0.25) is 0 Å². The first-order valence-corrected chi connectivity index (χ1v) is 9.08. The number of aromatic nitrogens is 1. The van der Waals surface area contributed by atoms with Crippen LogP contribution in [0.3, 0.4) is 0 Å². The highest BCUT2D eigenvalue weighted by atomic mass is 16.5. The highest BCUT2D eigenvalue weighted by molar-refractivity contribution is 5.74. The summed E-state index contributed by atoms with van der Waals surface area (Å²) >= 11 is 0. The third kappa shape index (κ3) is 5.14. The van der Waals surface area contributed by atoms with Gasteiger partial charge in [0.1, 0.15) is 0 Å². The number of hydrogen-bond donors (Lipinski definition) is 2. The summed E-state index contributed by atoms with van der Waals surface area (Å²) in [7, 11) is 0. The Morgan fingerprint density at radius 2 is 2.04 bits per heavy atom. The normalized spacial score (nSPS) is 23.8. The second kappa shape index (κ2) is 9.12. The van der Waals surface area contributed by atoms with Gasteiger partial charge < -0.3 is 20.1 Å². The Kier molecular flexibility index (Phi) is 6.61. The van der Waals surface area contributed by atoms with Crippen LogP contribution in [0.15, 0.2) is 24.5 Å². The zero-order valence-corrected chi connectivity index (χ0v) is 14.8. The first-order valence-electron chi connectivity index (χ1n) is 9.08. The van der Waals surface area contributed by atoms with Gasteiger partial charge in [0.05, 0.1) is 25.9 Å². The number of morpholine rings is 1. The lowest BCUT2D eigenvalue weighted by Gasteiger charge is -2.37. The van der Waals surface area contributed by atoms with E-state index >= 15 is 0 Å². The SMILES string of the molecule is C[C@H](NC(=O)NC[C@@H]([C@@H]1CCOC1)N1CCOCC1)c1ccncc1. The van der Waals surface area contributed by atoms with Gasteiger partial charge in [-0.05, 0) is 31.0 Å². The Labute approximate surface area is 149 Å². The summed E-state index contributed by atoms with van der Waals surface area (Å²) in [6.45, 7) is 7.54. The molecule has 2 fully saturated rings. The van der Waals surface area contributed by atoms with Crippen molar-refractivity contribution in [2.75, 3.05) is 46.1 Å². The number of amides is 2. The molecule has 0 aliphatic carbocycles. The zero-order chi connectivity index (χ0) is 17.5. The Morgan fingerprint density at radius 1 is 1.28 bits per heavy atom. The summed E-state index contributed by atoms with van der Waals surface area (Å²) in [5.41, 5.74) is 1.04. The van der Waals surface area contributed by atoms with Gasteiger partial charge in [0.15, 0.2) is 0 Å². The van der Waals surface area contributed by atoms with Crippen molar-refractivity contribution in [1.29, 1.82) is 0 Å². The zero-order valence-electron chi connectivity index (χ0n) is 14.8. The second-order valence-corrected chi connectivity index (χ2v) is 6.70. The number of nitrogens with one attached hydrogen (secondary N) is 2. The van der Waals surface area contributed by atoms with E-state index in [1.807, 2.05) is 19.1 Å². The van der Waals surface area contributed by atoms with Crippen molar-refractivity contribution in [3.05, 3.63) is 30.1 Å². The number of pyridine rings is 1. The Bertz CT molecular complexity index is 530. The maximum Gasteiger partial charge on any atom is 0.315 e. The predicted molar refractivity (Wildman–Crippen MR) is 94.3 cm³/mol. The van der Waals surface area contributed by atoms with Crippen LogP contribution in [0.25, 0.3) is 0 Å². The van der Waals surface area contributed by atoms with E-state index in [1.54, 1.807) is 12.4 Å². The number of urea groups is 1. The van der Waals surface area contributed by atoms with Crippen molar-refractivity contribution in [1.82, 2.24) is 20.5 Å². The van der Waals surface area contributed by atoms with Gasteiger partial charge in [0.25, 0.3) is 0 Å². The van der Waals surface area contributed by atoms with E-state index in [2.05, 4.69) is 20.5 Å². The molecule has 2 aliphatic rings. The molecule has 2 aliphatic heterocycles. The summed E-state index contributed by atoms with van der Waals surface area (Å²) in [5.74, 6) is 0.469. The highest BCUT2D eigenvalue weighted by Gasteiger charge is 2.31. The van der Waals surface area contributed by atoms with Gasteiger partial charge in [0.2, 0.25) is 0 Å². The van der Waals surface area contributed by atoms with Crippen LogP contribution in [0, 0.1) is 5.92 Å². The van der Waals surface area contributed by atoms with Crippen LogP contribution in [0.1, 0.15) is 24.9 Å². The van der Waals surface area contributed by atoms with Crippen molar-refractivity contribution < 1.29 is 14.3 Å². The molecule has 0 radical (unpaired) electrons. The van der Waals surface area contributed by atoms with Crippen molar-refractivity contribution in [3.63, 3.8) is 0 Å². The quantitative estimate of drug-likeness (QED) is 0.807. The molecule has 138 valence electrons. The van der Waals surface area contributed by atoms with E-state index in [0.717, 1.165) is 51.5 Å². The molecule has 2 N–H and O–H groups in total. The van der Waals surface area contributed by atoms with Crippen LogP contribution in [0.4, 0.5) is 4.79 Å². The Balaban J connectivity index is 1.52. The highest BCUT2D eigenvalue weighted by Crippen LogP contribution is 2.22. The van der Waals surface area contributed by atoms with Crippen LogP contribution in [0.5, 0.6) is 0 Å². The van der Waals surface area contributed by atoms with E-state index in [4.69, 9.17) is 9.47 Å². The molecule has 1 aromatic rings. The molecule has 2 amide bonds. The Hall–Kier alpha value is -1.70. The third-order valence-corrected chi connectivity index (χ3v) is 5.05. The van der Waals surface area contributed by atoms with Crippen LogP contribution < -0.4 is 10.6 Å². The standard InChI is InChI=1S/C18H28N4O3/c1-14(15-2-5-19-6-3-15)21-18(23)20-12-17(16-4-9-25-13-16)22-7-10-24-11-8-22/h2-3,5-6,14,16-17H,4,7-13H2,1H3,(H2,20,21,23)/t14-,16+,17-/m0/s1. The molecule has 7 nitrogen and oxygen atoms in total. The van der Waals surface area contributed by atoms with Crippen LogP contribution >= 0.6 is 0 Å². The number of carbonyl (C=O) groups excluding carboxylic acids is 1. The molecule has 3 heterocycles. The third-order valence-electron chi connectivity index (χ3n) is 5.05. The number of carbonyl (C=O) groups is 1. The molecular formula is C18H28N4O3. The molecule has 3 rings (SSSR count). The lowest BCUT2D eigenvalue weighted by molar-refractivity contribution is 0.00211. The van der Waals surface area contributed by atoms with Gasteiger partial charge in [0, 0.05) is 50.6 Å². The summed E-state index contributed by atoms with van der Waals surface area (Å²) in [4.78, 5) is 18.7. The van der Waals surface area contributed by atoms with E-state index < -0.39 is 0 Å². The minimum Gasteiger partial charge on any atom is -0.381 e. The number of hydrogen-bond acceptors (Lipinski definition) is 5. The maximum atomic E-state index is 12.3. The number of ether oxygens (including phenoxy) is 2. The topological polar surface area (TPSA) is 75.7 Å². The minimum absolute atomic E-state index is 0.0559. The van der Waals surface area contributed by atoms with Gasteiger partial charge in [-0.25, -0.2) is 4.79 Å². The molecule has 3 atom stereocenters. The van der Waals surface area contributed by atoms with Gasteiger partial charge in [-0.3, -0.25) is 9.88 Å². The average Bonchev–Trinajstić information content (AvgIpc) is 3.18. The lowest BCUT2D eigenvalue weighted by Crippen LogP contribution is -2.53. The molecule has 1 aromatic heterocycles. The van der Waals surface area contributed by atoms with Crippen molar-refractivity contribution in [3.8, 4) is 0 Å². The van der Waals surface area contributed by atoms with Gasteiger partial charge in [-0.2, -0.15) is 0 Å². The fraction of sp³-hybridized carbons (Fsp3) is 0.667. The van der Waals surface area contributed by atoms with Crippen molar-refractivity contribution >= 4 is 6.03 Å². The van der Waals surface area contributed by atoms with E-state index in [0.29, 0.717) is 18.5 Å². The van der Waals surface area contributed by atoms with Crippen molar-refractivity contribution in [2.45, 2.75) is 25.4 Å². The first-order chi connectivity index (χ1) is 12.2. The van der Waals surface area contributed by atoms with Crippen molar-refractivity contribution in [2.24, 2.45) is 5.92 Å². The molecule has 0 spiro atoms.